The minimum atomic E-state index is 0.0521. The van der Waals surface area contributed by atoms with E-state index < -0.39 is 0 Å². The highest BCUT2D eigenvalue weighted by molar-refractivity contribution is 7.98. The molecular weight excluding hydrogens is 320 g/mol. The van der Waals surface area contributed by atoms with E-state index in [0.717, 1.165) is 12.4 Å². The summed E-state index contributed by atoms with van der Waals surface area (Å²) in [4.78, 5) is 28.9. The molecule has 122 valence electrons. The average molecular weight is 338 g/mol. The van der Waals surface area contributed by atoms with Gasteiger partial charge in [-0.25, -0.2) is 0 Å². The van der Waals surface area contributed by atoms with Crippen LogP contribution in [0.25, 0.3) is 0 Å². The van der Waals surface area contributed by atoms with Gasteiger partial charge in [0.1, 0.15) is 5.84 Å². The number of ketones is 2. The highest BCUT2D eigenvalue weighted by atomic mass is 32.2. The molecule has 0 atom stereocenters. The minimum absolute atomic E-state index is 0.0521. The number of carbonyl (C=O) groups excluding carboxylic acids is 2. The Hall–Kier alpha value is -2.40. The van der Waals surface area contributed by atoms with Crippen molar-refractivity contribution in [2.45, 2.75) is 6.42 Å². The molecule has 24 heavy (non-hydrogen) atoms. The second-order valence-corrected chi connectivity index (χ2v) is 6.42. The molecule has 0 bridgehead atoms. The molecule has 0 amide bonds. The van der Waals surface area contributed by atoms with Crippen molar-refractivity contribution in [2.24, 2.45) is 4.99 Å². The van der Waals surface area contributed by atoms with Gasteiger partial charge in [0.25, 0.3) is 0 Å². The molecule has 4 nitrogen and oxygen atoms in total. The Kier molecular flexibility index (Phi) is 5.43. The van der Waals surface area contributed by atoms with Gasteiger partial charge in [0, 0.05) is 11.1 Å². The van der Waals surface area contributed by atoms with E-state index in [1.54, 1.807) is 0 Å². The zero-order valence-corrected chi connectivity index (χ0v) is 14.0. The standard InChI is InChI=1S/C19H18N2O2S/c22-17(15-7-3-1-4-8-15)13-19-20-11-12-21(19)24-14-18(23)16-9-5-2-6-10-16/h1-10H,11-14H2. The van der Waals surface area contributed by atoms with Crippen LogP contribution in [0.2, 0.25) is 0 Å². The lowest BCUT2D eigenvalue weighted by Gasteiger charge is -2.18. The second-order valence-electron chi connectivity index (χ2n) is 5.43. The van der Waals surface area contributed by atoms with Crippen LogP contribution in [0.15, 0.2) is 65.7 Å². The summed E-state index contributed by atoms with van der Waals surface area (Å²) >= 11 is 1.43. The molecule has 0 spiro atoms. The maximum atomic E-state index is 12.3. The van der Waals surface area contributed by atoms with Gasteiger partial charge in [-0.05, 0) is 11.9 Å². The third kappa shape index (κ3) is 4.11. The number of nitrogens with zero attached hydrogens (tertiary/aromatic N) is 2. The Morgan fingerprint density at radius 2 is 1.50 bits per heavy atom. The molecule has 0 saturated heterocycles. The van der Waals surface area contributed by atoms with Crippen molar-refractivity contribution in [3.63, 3.8) is 0 Å². The van der Waals surface area contributed by atoms with Gasteiger partial charge in [0.2, 0.25) is 0 Å². The number of benzene rings is 2. The summed E-state index contributed by atoms with van der Waals surface area (Å²) in [6.07, 6.45) is 0.274. The Morgan fingerprint density at radius 3 is 2.12 bits per heavy atom. The number of hydrogen-bond donors (Lipinski definition) is 0. The molecule has 0 saturated carbocycles. The summed E-state index contributed by atoms with van der Waals surface area (Å²) < 4.78 is 1.97. The summed E-state index contributed by atoms with van der Waals surface area (Å²) in [5.41, 5.74) is 1.40. The smallest absolute Gasteiger partial charge is 0.174 e. The van der Waals surface area contributed by atoms with Crippen LogP contribution in [-0.4, -0.2) is 40.5 Å². The summed E-state index contributed by atoms with van der Waals surface area (Å²) in [6.45, 7) is 1.41. The van der Waals surface area contributed by atoms with E-state index in [1.165, 1.54) is 11.9 Å². The van der Waals surface area contributed by atoms with E-state index in [1.807, 2.05) is 65.0 Å². The van der Waals surface area contributed by atoms with E-state index in [0.29, 0.717) is 23.4 Å². The molecule has 0 N–H and O–H groups in total. The van der Waals surface area contributed by atoms with E-state index in [2.05, 4.69) is 4.99 Å². The van der Waals surface area contributed by atoms with Crippen molar-refractivity contribution >= 4 is 29.4 Å². The number of amidine groups is 1. The highest BCUT2D eigenvalue weighted by Gasteiger charge is 2.22. The van der Waals surface area contributed by atoms with Crippen LogP contribution in [0.4, 0.5) is 0 Å². The summed E-state index contributed by atoms with van der Waals surface area (Å²) in [5, 5.41) is 0. The lowest BCUT2D eigenvalue weighted by atomic mass is 10.1. The maximum Gasteiger partial charge on any atom is 0.174 e. The van der Waals surface area contributed by atoms with Crippen molar-refractivity contribution in [1.82, 2.24) is 4.31 Å². The zero-order valence-electron chi connectivity index (χ0n) is 13.2. The molecule has 0 aromatic heterocycles. The largest absolute Gasteiger partial charge is 0.302 e. The fraction of sp³-hybridized carbons (Fsp3) is 0.211. The fourth-order valence-corrected chi connectivity index (χ4v) is 3.40. The second kappa shape index (κ2) is 7.93. The van der Waals surface area contributed by atoms with Crippen LogP contribution < -0.4 is 0 Å². The van der Waals surface area contributed by atoms with Crippen LogP contribution >= 0.6 is 11.9 Å². The van der Waals surface area contributed by atoms with Crippen molar-refractivity contribution < 1.29 is 9.59 Å². The monoisotopic (exact) mass is 338 g/mol. The van der Waals surface area contributed by atoms with Gasteiger partial charge in [0.05, 0.1) is 25.3 Å². The Balaban J connectivity index is 1.56. The lowest BCUT2D eigenvalue weighted by molar-refractivity contribution is 0.0997. The molecule has 5 heteroatoms. The summed E-state index contributed by atoms with van der Waals surface area (Å²) in [7, 11) is 0. The van der Waals surface area contributed by atoms with Crippen molar-refractivity contribution in [3.8, 4) is 0 Å². The SMILES string of the molecule is O=C(CSN1CCN=C1CC(=O)c1ccccc1)c1ccccc1. The third-order valence-corrected chi connectivity index (χ3v) is 4.84. The predicted molar refractivity (Wildman–Crippen MR) is 97.6 cm³/mol. The van der Waals surface area contributed by atoms with Crippen LogP contribution in [-0.2, 0) is 0 Å². The van der Waals surface area contributed by atoms with Crippen molar-refractivity contribution in [3.05, 3.63) is 71.8 Å². The van der Waals surface area contributed by atoms with E-state index in [9.17, 15) is 9.59 Å². The molecule has 3 rings (SSSR count). The van der Waals surface area contributed by atoms with Gasteiger partial charge in [-0.1, -0.05) is 60.7 Å². The topological polar surface area (TPSA) is 49.7 Å². The Bertz CT molecular complexity index is 744. The molecule has 1 heterocycles. The summed E-state index contributed by atoms with van der Waals surface area (Å²) in [5.74, 6) is 1.25. The van der Waals surface area contributed by atoms with Gasteiger partial charge >= 0.3 is 0 Å². The highest BCUT2D eigenvalue weighted by Crippen LogP contribution is 2.20. The molecule has 2 aromatic carbocycles. The number of rotatable bonds is 7. The van der Waals surface area contributed by atoms with E-state index >= 15 is 0 Å². The van der Waals surface area contributed by atoms with Gasteiger partial charge in [-0.3, -0.25) is 14.6 Å². The van der Waals surface area contributed by atoms with Gasteiger partial charge in [-0.2, -0.15) is 0 Å². The number of aliphatic imine (C=N–C) groups is 1. The zero-order chi connectivity index (χ0) is 16.8. The first-order chi connectivity index (χ1) is 11.7. The van der Waals surface area contributed by atoms with Crippen LogP contribution in [0.1, 0.15) is 27.1 Å². The minimum Gasteiger partial charge on any atom is -0.302 e. The quantitative estimate of drug-likeness (QED) is 0.573. The first-order valence-electron chi connectivity index (χ1n) is 7.84. The van der Waals surface area contributed by atoms with Gasteiger partial charge in [-0.15, -0.1) is 0 Å². The molecule has 1 aliphatic heterocycles. The van der Waals surface area contributed by atoms with Crippen molar-refractivity contribution in [2.75, 3.05) is 18.8 Å². The molecule has 0 radical (unpaired) electrons. The van der Waals surface area contributed by atoms with Gasteiger partial charge in [0.15, 0.2) is 11.6 Å². The molecule has 0 fully saturated rings. The molecule has 0 unspecified atom stereocenters. The summed E-state index contributed by atoms with van der Waals surface area (Å²) in [6, 6.07) is 18.5. The maximum absolute atomic E-state index is 12.3. The molecule has 0 aliphatic carbocycles. The lowest BCUT2D eigenvalue weighted by Crippen LogP contribution is -2.24. The fourth-order valence-electron chi connectivity index (χ4n) is 2.47. The number of carbonyl (C=O) groups is 2. The number of Topliss-reactive ketones (excluding diaryl/α,β-unsaturated/α-hetero) is 2. The molecule has 2 aromatic rings. The normalized spacial score (nSPS) is 13.7. The van der Waals surface area contributed by atoms with E-state index in [4.69, 9.17) is 0 Å². The molecule has 1 aliphatic rings. The Labute approximate surface area is 145 Å². The number of hydrogen-bond acceptors (Lipinski definition) is 5. The first-order valence-corrected chi connectivity index (χ1v) is 8.78. The Morgan fingerprint density at radius 1 is 0.917 bits per heavy atom. The average Bonchev–Trinajstić information content (AvgIpc) is 3.08. The predicted octanol–water partition coefficient (Wildman–Crippen LogP) is 3.50. The van der Waals surface area contributed by atoms with Crippen molar-refractivity contribution in [1.29, 1.82) is 0 Å². The first kappa shape index (κ1) is 16.5. The van der Waals surface area contributed by atoms with Gasteiger partial charge < -0.3 is 4.31 Å². The van der Waals surface area contributed by atoms with Crippen LogP contribution in [0.5, 0.6) is 0 Å². The van der Waals surface area contributed by atoms with Crippen LogP contribution in [0, 0.1) is 0 Å². The molecular formula is C19H18N2O2S. The third-order valence-electron chi connectivity index (χ3n) is 3.75. The van der Waals surface area contributed by atoms with E-state index in [-0.39, 0.29) is 18.0 Å². The van der Waals surface area contributed by atoms with Crippen LogP contribution in [0.3, 0.4) is 0 Å².